The van der Waals surface area contributed by atoms with E-state index in [1.165, 1.54) is 11.5 Å². The van der Waals surface area contributed by atoms with Gasteiger partial charge in [0, 0.05) is 4.37 Å². The lowest BCUT2D eigenvalue weighted by Gasteiger charge is -2.20. The summed E-state index contributed by atoms with van der Waals surface area (Å²) in [6, 6.07) is 0.536. The van der Waals surface area contributed by atoms with E-state index >= 15 is 0 Å². The van der Waals surface area contributed by atoms with Gasteiger partial charge in [-0.3, -0.25) is 4.90 Å². The number of hydrogen-bond acceptors (Lipinski definition) is 5. The number of rotatable bonds is 3. The minimum absolute atomic E-state index is 0.374. The van der Waals surface area contributed by atoms with Gasteiger partial charge in [-0.1, -0.05) is 5.92 Å². The van der Waals surface area contributed by atoms with Crippen LogP contribution in [0.5, 0.6) is 6.01 Å². The molecule has 0 aliphatic carbocycles. The van der Waals surface area contributed by atoms with E-state index in [-0.39, 0.29) is 0 Å². The molecule has 0 atom stereocenters. The predicted octanol–water partition coefficient (Wildman–Crippen LogP) is 0.196. The Morgan fingerprint density at radius 1 is 1.56 bits per heavy atom. The second-order valence-electron chi connectivity index (χ2n) is 3.23. The Morgan fingerprint density at radius 2 is 2.38 bits per heavy atom. The second-order valence-corrected chi connectivity index (χ2v) is 3.98. The largest absolute Gasteiger partial charge is 0.446 e. The summed E-state index contributed by atoms with van der Waals surface area (Å²) in [5.41, 5.74) is 0. The van der Waals surface area contributed by atoms with Gasteiger partial charge in [-0.05, 0) is 6.92 Å². The van der Waals surface area contributed by atoms with Gasteiger partial charge in [0.2, 0.25) is 0 Å². The zero-order chi connectivity index (χ0) is 11.2. The lowest BCUT2D eigenvalue weighted by molar-refractivity contribution is -0.378. The lowest BCUT2D eigenvalue weighted by Crippen LogP contribution is -2.38. The van der Waals surface area contributed by atoms with Gasteiger partial charge in [-0.25, -0.2) is 0 Å². The molecule has 1 N–H and O–H groups in total. The number of nitrogens with zero attached hydrogens (tertiary/aromatic N) is 2. The molecule has 0 amide bonds. The van der Waals surface area contributed by atoms with E-state index in [0.29, 0.717) is 12.6 Å². The van der Waals surface area contributed by atoms with Crippen molar-refractivity contribution in [1.29, 1.82) is 0 Å². The first kappa shape index (κ1) is 11.2. The number of H-pyrrole nitrogens is 1. The average molecular weight is 240 g/mol. The van der Waals surface area contributed by atoms with Crippen molar-refractivity contribution in [2.45, 2.75) is 6.92 Å². The number of anilines is 1. The molecule has 2 rings (SSSR count). The Kier molecular flexibility index (Phi) is 3.97. The molecule has 86 valence electrons. The predicted molar refractivity (Wildman–Crippen MR) is 60.6 cm³/mol. The van der Waals surface area contributed by atoms with Crippen LogP contribution in [0.2, 0.25) is 0 Å². The summed E-state index contributed by atoms with van der Waals surface area (Å²) in [6.45, 7) is 5.48. The molecule has 1 aromatic rings. The van der Waals surface area contributed by atoms with Gasteiger partial charge in [0.05, 0.1) is 26.3 Å². The molecule has 0 unspecified atom stereocenters. The molecule has 0 saturated carbocycles. The van der Waals surface area contributed by atoms with E-state index in [9.17, 15) is 0 Å². The Morgan fingerprint density at radius 3 is 3.12 bits per heavy atom. The average Bonchev–Trinajstić information content (AvgIpc) is 2.79. The number of ether oxygens (including phenoxy) is 2. The molecule has 1 fully saturated rings. The molecule has 1 aliphatic rings. The van der Waals surface area contributed by atoms with Crippen LogP contribution in [-0.4, -0.2) is 37.3 Å². The summed E-state index contributed by atoms with van der Waals surface area (Å²) >= 11 is 1.41. The minimum Gasteiger partial charge on any atom is -0.427 e. The molecule has 0 spiro atoms. The van der Waals surface area contributed by atoms with Gasteiger partial charge in [-0.2, -0.15) is 4.98 Å². The highest BCUT2D eigenvalue weighted by atomic mass is 32.1. The fourth-order valence-corrected chi connectivity index (χ4v) is 2.06. The van der Waals surface area contributed by atoms with Crippen LogP contribution in [0.4, 0.5) is 5.13 Å². The molecule has 0 radical (unpaired) electrons. The molecule has 1 saturated heterocycles. The zero-order valence-corrected chi connectivity index (χ0v) is 9.97. The molecule has 5 nitrogen and oxygen atoms in total. The number of nitrogens with one attached hydrogen (secondary N) is 1. The minimum atomic E-state index is 0.374. The van der Waals surface area contributed by atoms with E-state index in [1.54, 1.807) is 6.92 Å². The highest BCUT2D eigenvalue weighted by Gasteiger charge is 2.22. The van der Waals surface area contributed by atoms with Crippen molar-refractivity contribution in [3.05, 3.63) is 0 Å². The molecule has 1 aromatic heterocycles. The third kappa shape index (κ3) is 2.84. The summed E-state index contributed by atoms with van der Waals surface area (Å²) in [7, 11) is 0. The molecule has 16 heavy (non-hydrogen) atoms. The summed E-state index contributed by atoms with van der Waals surface area (Å²) in [5.74, 6) is 5.59. The maximum absolute atomic E-state index is 5.33. The highest BCUT2D eigenvalue weighted by Crippen LogP contribution is 2.16. The van der Waals surface area contributed by atoms with Gasteiger partial charge in [0.25, 0.3) is 0 Å². The van der Waals surface area contributed by atoms with Crippen LogP contribution in [0.1, 0.15) is 6.92 Å². The third-order valence-corrected chi connectivity index (χ3v) is 2.98. The van der Waals surface area contributed by atoms with Crippen LogP contribution in [-0.2, 0) is 4.74 Å². The molecule has 1 aliphatic heterocycles. The number of aromatic nitrogens is 2. The first-order chi connectivity index (χ1) is 7.90. The lowest BCUT2D eigenvalue weighted by atomic mass is 10.5. The van der Waals surface area contributed by atoms with E-state index in [1.807, 2.05) is 0 Å². The van der Waals surface area contributed by atoms with Crippen LogP contribution >= 0.6 is 11.5 Å². The molecular weight excluding hydrogens is 226 g/mol. The molecule has 2 heterocycles. The number of hydrogen-bond donors (Lipinski definition) is 0. The fourth-order valence-electron chi connectivity index (χ4n) is 1.36. The normalized spacial score (nSPS) is 15.4. The van der Waals surface area contributed by atoms with Gasteiger partial charge >= 0.3 is 11.1 Å². The van der Waals surface area contributed by atoms with Crippen LogP contribution in [0.3, 0.4) is 0 Å². The first-order valence-corrected chi connectivity index (χ1v) is 5.91. The molecule has 6 heteroatoms. The van der Waals surface area contributed by atoms with Crippen molar-refractivity contribution in [3.8, 4) is 17.9 Å². The summed E-state index contributed by atoms with van der Waals surface area (Å²) in [5, 5.41) is 1.02. The molecular formula is C10H14N3O2S+. The number of morpholine rings is 1. The third-order valence-electron chi connectivity index (χ3n) is 2.19. The van der Waals surface area contributed by atoms with Crippen LogP contribution < -0.4 is 14.6 Å². The quantitative estimate of drug-likeness (QED) is 0.708. The van der Waals surface area contributed by atoms with E-state index < -0.39 is 0 Å². The Hall–Kier alpha value is -1.32. The van der Waals surface area contributed by atoms with E-state index in [0.717, 1.165) is 31.4 Å². The van der Waals surface area contributed by atoms with Crippen LogP contribution in [0, 0.1) is 11.8 Å². The van der Waals surface area contributed by atoms with Crippen molar-refractivity contribution >= 4 is 16.7 Å². The van der Waals surface area contributed by atoms with Crippen molar-refractivity contribution in [2.24, 2.45) is 0 Å². The Bertz CT molecular complexity index is 390. The van der Waals surface area contributed by atoms with Gasteiger partial charge in [-0.15, -0.1) is 5.92 Å². The summed E-state index contributed by atoms with van der Waals surface area (Å²) in [6.07, 6.45) is 0. The van der Waals surface area contributed by atoms with Crippen LogP contribution in [0.15, 0.2) is 0 Å². The SMILES string of the molecule is CC#CCOc1nsc(N2CCOCC2)[nH+]1. The van der Waals surface area contributed by atoms with Crippen molar-refractivity contribution < 1.29 is 14.5 Å². The van der Waals surface area contributed by atoms with E-state index in [4.69, 9.17) is 9.47 Å². The van der Waals surface area contributed by atoms with Crippen molar-refractivity contribution in [3.63, 3.8) is 0 Å². The smallest absolute Gasteiger partial charge is 0.427 e. The Labute approximate surface area is 98.6 Å². The maximum atomic E-state index is 5.33. The highest BCUT2D eigenvalue weighted by molar-refractivity contribution is 7.09. The van der Waals surface area contributed by atoms with Crippen molar-refractivity contribution in [1.82, 2.24) is 4.37 Å². The Balaban J connectivity index is 1.92. The first-order valence-electron chi connectivity index (χ1n) is 5.14. The van der Waals surface area contributed by atoms with Gasteiger partial charge in [0.1, 0.15) is 11.5 Å². The molecule has 0 aromatic carbocycles. The monoisotopic (exact) mass is 240 g/mol. The maximum Gasteiger partial charge on any atom is 0.446 e. The summed E-state index contributed by atoms with van der Waals surface area (Å²) < 4.78 is 14.8. The number of aromatic amines is 1. The second kappa shape index (κ2) is 5.68. The van der Waals surface area contributed by atoms with Gasteiger partial charge in [0.15, 0.2) is 6.61 Å². The summed E-state index contributed by atoms with van der Waals surface area (Å²) in [4.78, 5) is 5.34. The molecule has 0 bridgehead atoms. The van der Waals surface area contributed by atoms with Crippen LogP contribution in [0.25, 0.3) is 0 Å². The topological polar surface area (TPSA) is 48.7 Å². The standard InChI is InChI=1S/C10H13N3O2S/c1-2-3-6-15-9-11-10(16-12-9)13-4-7-14-8-5-13/h4-8H2,1H3/p+1. The van der Waals surface area contributed by atoms with E-state index in [2.05, 4.69) is 26.1 Å². The van der Waals surface area contributed by atoms with Crippen molar-refractivity contribution in [2.75, 3.05) is 37.8 Å². The fraction of sp³-hybridized carbons (Fsp3) is 0.600. The zero-order valence-electron chi connectivity index (χ0n) is 9.15. The van der Waals surface area contributed by atoms with Gasteiger partial charge < -0.3 is 9.47 Å².